The Bertz CT molecular complexity index is 1110. The van der Waals surface area contributed by atoms with Gasteiger partial charge in [0.1, 0.15) is 17.2 Å². The van der Waals surface area contributed by atoms with Crippen LogP contribution >= 0.6 is 11.8 Å². The van der Waals surface area contributed by atoms with Crippen LogP contribution in [0, 0.1) is 5.82 Å². The third kappa shape index (κ3) is 5.29. The van der Waals surface area contributed by atoms with Crippen molar-refractivity contribution < 1.29 is 22.4 Å². The Morgan fingerprint density at radius 3 is 2.68 bits per heavy atom. The molecule has 3 aromatic rings. The second-order valence-corrected chi connectivity index (χ2v) is 7.13. The van der Waals surface area contributed by atoms with Crippen molar-refractivity contribution in [1.29, 1.82) is 0 Å². The molecule has 0 bridgehead atoms. The summed E-state index contributed by atoms with van der Waals surface area (Å²) in [5.41, 5.74) is 1.61. The van der Waals surface area contributed by atoms with E-state index in [0.29, 0.717) is 11.7 Å². The van der Waals surface area contributed by atoms with E-state index in [1.165, 1.54) is 31.5 Å². The molecule has 13 heteroatoms. The largest absolute Gasteiger partial charge is 0.433 e. The molecule has 0 aliphatic heterocycles. The number of aromatic nitrogens is 5. The quantitative estimate of drug-likeness (QED) is 0.256. The lowest BCUT2D eigenvalue weighted by molar-refractivity contribution is -0.143. The first-order chi connectivity index (χ1) is 14.7. The first-order valence-electron chi connectivity index (χ1n) is 8.94. The predicted octanol–water partition coefficient (Wildman–Crippen LogP) is 3.10. The molecule has 31 heavy (non-hydrogen) atoms. The van der Waals surface area contributed by atoms with Gasteiger partial charge in [-0.15, -0.1) is 10.2 Å². The molecule has 0 radical (unpaired) electrons. The predicted molar refractivity (Wildman–Crippen MR) is 106 cm³/mol. The van der Waals surface area contributed by atoms with Crippen molar-refractivity contribution in [2.45, 2.75) is 24.8 Å². The number of carbonyl (C=O) groups is 1. The molecule has 0 atom stereocenters. The Morgan fingerprint density at radius 2 is 2.03 bits per heavy atom. The fourth-order valence-corrected chi connectivity index (χ4v) is 3.42. The smallest absolute Gasteiger partial charge is 0.301 e. The van der Waals surface area contributed by atoms with Crippen molar-refractivity contribution in [2.24, 2.45) is 12.1 Å². The summed E-state index contributed by atoms with van der Waals surface area (Å²) >= 11 is 1.03. The van der Waals surface area contributed by atoms with Crippen LogP contribution in [-0.4, -0.2) is 42.4 Å². The van der Waals surface area contributed by atoms with Crippen LogP contribution in [0.5, 0.6) is 0 Å². The Balaban J connectivity index is 1.66. The summed E-state index contributed by atoms with van der Waals surface area (Å²) in [4.78, 5) is 12.0. The van der Waals surface area contributed by atoms with Gasteiger partial charge in [-0.1, -0.05) is 30.0 Å². The number of hydrazone groups is 1. The number of nitrogens with zero attached hydrogens (tertiary/aromatic N) is 6. The first-order valence-corrected chi connectivity index (χ1v) is 9.93. The van der Waals surface area contributed by atoms with Crippen LogP contribution in [0.3, 0.4) is 0 Å². The number of carbonyl (C=O) groups excluding carboxylic acids is 1. The number of rotatable bonds is 7. The second-order valence-electron chi connectivity index (χ2n) is 6.19. The molecule has 0 unspecified atom stereocenters. The molecule has 0 fully saturated rings. The standard InChI is InChI=1S/C18H17F4N7OS/c1-3-29-16(13-8-14(18(20,21)22)28(2)27-13)25-26-17(29)31-10-15(30)24-23-9-11-6-4-5-7-12(11)19/h4-9H,3,10H2,1-2H3,(H,24,30)/b23-9+. The van der Waals surface area contributed by atoms with Crippen LogP contribution in [0.25, 0.3) is 11.5 Å². The number of nitrogens with one attached hydrogen (secondary N) is 1. The minimum absolute atomic E-state index is 0.0231. The van der Waals surface area contributed by atoms with Crippen LogP contribution in [0.15, 0.2) is 40.6 Å². The number of amides is 1. The molecule has 1 amide bonds. The average Bonchev–Trinajstić information content (AvgIpc) is 3.30. The molecule has 164 valence electrons. The number of alkyl halides is 3. The molecule has 8 nitrogen and oxygen atoms in total. The van der Waals surface area contributed by atoms with Crippen LogP contribution in [0.1, 0.15) is 18.2 Å². The molecule has 0 spiro atoms. The highest BCUT2D eigenvalue weighted by atomic mass is 32.2. The van der Waals surface area contributed by atoms with Gasteiger partial charge >= 0.3 is 6.18 Å². The fraction of sp³-hybridized carbons (Fsp3) is 0.278. The van der Waals surface area contributed by atoms with Crippen LogP contribution in [0.2, 0.25) is 0 Å². The molecular weight excluding hydrogens is 438 g/mol. The Kier molecular flexibility index (Phi) is 6.73. The zero-order valence-electron chi connectivity index (χ0n) is 16.4. The molecular formula is C18H17F4N7OS. The molecule has 1 aromatic carbocycles. The summed E-state index contributed by atoms with van der Waals surface area (Å²) in [6, 6.07) is 6.85. The van der Waals surface area contributed by atoms with Gasteiger partial charge in [0.25, 0.3) is 5.91 Å². The lowest BCUT2D eigenvalue weighted by atomic mass is 10.2. The van der Waals surface area contributed by atoms with Crippen molar-refractivity contribution in [2.75, 3.05) is 5.75 Å². The van der Waals surface area contributed by atoms with Crippen molar-refractivity contribution in [3.05, 3.63) is 47.4 Å². The van der Waals surface area contributed by atoms with E-state index < -0.39 is 23.6 Å². The minimum Gasteiger partial charge on any atom is -0.301 e. The van der Waals surface area contributed by atoms with Gasteiger partial charge in [0.2, 0.25) is 0 Å². The summed E-state index contributed by atoms with van der Waals surface area (Å²) in [5, 5.41) is 15.8. The fourth-order valence-electron chi connectivity index (χ4n) is 2.63. The molecule has 1 N–H and O–H groups in total. The Labute approximate surface area is 178 Å². The Hall–Kier alpha value is -3.22. The van der Waals surface area contributed by atoms with Gasteiger partial charge < -0.3 is 4.57 Å². The van der Waals surface area contributed by atoms with Crippen molar-refractivity contribution in [3.63, 3.8) is 0 Å². The van der Waals surface area contributed by atoms with Gasteiger partial charge in [-0.3, -0.25) is 9.48 Å². The Morgan fingerprint density at radius 1 is 1.29 bits per heavy atom. The number of aryl methyl sites for hydroxylation is 1. The van der Waals surface area contributed by atoms with Gasteiger partial charge in [-0.05, 0) is 19.1 Å². The minimum atomic E-state index is -4.55. The highest BCUT2D eigenvalue weighted by molar-refractivity contribution is 7.99. The summed E-state index contributed by atoms with van der Waals surface area (Å²) in [6.45, 7) is 2.12. The average molecular weight is 455 g/mol. The molecule has 0 aliphatic rings. The lowest BCUT2D eigenvalue weighted by Gasteiger charge is -2.05. The van der Waals surface area contributed by atoms with Crippen molar-refractivity contribution in [3.8, 4) is 11.5 Å². The number of benzene rings is 1. The van der Waals surface area contributed by atoms with Crippen LogP contribution in [-0.2, 0) is 24.6 Å². The summed E-state index contributed by atoms with van der Waals surface area (Å²) < 4.78 is 54.9. The summed E-state index contributed by atoms with van der Waals surface area (Å²) in [7, 11) is 1.20. The van der Waals surface area contributed by atoms with E-state index in [1.54, 1.807) is 17.6 Å². The molecule has 3 rings (SSSR count). The number of hydrogen-bond acceptors (Lipinski definition) is 6. The zero-order valence-corrected chi connectivity index (χ0v) is 17.2. The van der Waals surface area contributed by atoms with Gasteiger partial charge in [-0.25, -0.2) is 9.82 Å². The molecule has 0 saturated carbocycles. The van der Waals surface area contributed by atoms with E-state index in [0.717, 1.165) is 22.5 Å². The zero-order chi connectivity index (χ0) is 22.6. The monoisotopic (exact) mass is 455 g/mol. The summed E-state index contributed by atoms with van der Waals surface area (Å²) in [5.74, 6) is -0.860. The van der Waals surface area contributed by atoms with Gasteiger partial charge in [-0.2, -0.15) is 23.4 Å². The highest BCUT2D eigenvalue weighted by Crippen LogP contribution is 2.32. The van der Waals surface area contributed by atoms with E-state index in [4.69, 9.17) is 0 Å². The topological polar surface area (TPSA) is 90.0 Å². The number of thioether (sulfide) groups is 1. The molecule has 0 saturated heterocycles. The normalized spacial score (nSPS) is 11.9. The van der Waals surface area contributed by atoms with Gasteiger partial charge in [0.15, 0.2) is 11.0 Å². The maximum Gasteiger partial charge on any atom is 0.433 e. The number of halogens is 4. The van der Waals surface area contributed by atoms with E-state index >= 15 is 0 Å². The maximum absolute atomic E-state index is 13.5. The molecule has 0 aliphatic carbocycles. The van der Waals surface area contributed by atoms with Crippen molar-refractivity contribution in [1.82, 2.24) is 30.0 Å². The van der Waals surface area contributed by atoms with E-state index in [2.05, 4.69) is 25.8 Å². The van der Waals surface area contributed by atoms with Gasteiger partial charge in [0.05, 0.1) is 12.0 Å². The number of hydrogen-bond donors (Lipinski definition) is 1. The SMILES string of the molecule is CCn1c(SCC(=O)N/N=C/c2ccccc2F)nnc1-c1cc(C(F)(F)F)n(C)n1. The maximum atomic E-state index is 13.5. The first kappa shape index (κ1) is 22.5. The second kappa shape index (κ2) is 9.29. The third-order valence-corrected chi connectivity index (χ3v) is 5.03. The van der Waals surface area contributed by atoms with E-state index in [-0.39, 0.29) is 22.8 Å². The van der Waals surface area contributed by atoms with E-state index in [9.17, 15) is 22.4 Å². The van der Waals surface area contributed by atoms with Crippen LogP contribution < -0.4 is 5.43 Å². The van der Waals surface area contributed by atoms with E-state index in [1.807, 2.05) is 0 Å². The van der Waals surface area contributed by atoms with Crippen molar-refractivity contribution >= 4 is 23.9 Å². The highest BCUT2D eigenvalue weighted by Gasteiger charge is 2.35. The lowest BCUT2D eigenvalue weighted by Crippen LogP contribution is -2.20. The summed E-state index contributed by atoms with van der Waals surface area (Å²) in [6.07, 6.45) is -3.36. The van der Waals surface area contributed by atoms with Gasteiger partial charge in [0, 0.05) is 19.2 Å². The van der Waals surface area contributed by atoms with Crippen LogP contribution in [0.4, 0.5) is 17.6 Å². The molecule has 2 aromatic heterocycles. The third-order valence-electron chi connectivity index (χ3n) is 4.06. The molecule has 2 heterocycles.